The number of aliphatic hydroxyl groups is 1. The number of nitrogens with one attached hydrogen (secondary N) is 1. The van der Waals surface area contributed by atoms with Crippen LogP contribution in [0.3, 0.4) is 0 Å². The summed E-state index contributed by atoms with van der Waals surface area (Å²) in [5.41, 5.74) is 0.937. The quantitative estimate of drug-likeness (QED) is 0.590. The fourth-order valence-corrected chi connectivity index (χ4v) is 2.07. The Balaban J connectivity index is 2.82. The van der Waals surface area contributed by atoms with Gasteiger partial charge in [-0.1, -0.05) is 18.2 Å². The molecule has 0 aliphatic rings. The summed E-state index contributed by atoms with van der Waals surface area (Å²) in [6.07, 6.45) is 0.331. The molecule has 0 spiro atoms. The van der Waals surface area contributed by atoms with Crippen molar-refractivity contribution in [2.24, 2.45) is 0 Å². The fraction of sp³-hybridized carbons (Fsp3) is 0.333. The van der Waals surface area contributed by atoms with E-state index in [1.807, 2.05) is 24.3 Å². The van der Waals surface area contributed by atoms with Crippen LogP contribution in [0.4, 0.5) is 0 Å². The molecule has 0 heterocycles. The molecule has 18 heavy (non-hydrogen) atoms. The Morgan fingerprint density at radius 3 is 2.67 bits per heavy atom. The first kappa shape index (κ1) is 14.9. The molecule has 0 bridgehead atoms. The number of benzene rings is 1. The van der Waals surface area contributed by atoms with Gasteiger partial charge in [0.25, 0.3) is 0 Å². The van der Waals surface area contributed by atoms with Crippen molar-refractivity contribution in [2.75, 3.05) is 13.7 Å². The first-order valence-electron chi connectivity index (χ1n) is 5.30. The predicted octanol–water partition coefficient (Wildman–Crippen LogP) is 0.484. The highest BCUT2D eigenvalue weighted by Gasteiger charge is 2.22. The van der Waals surface area contributed by atoms with Crippen LogP contribution in [0, 0.1) is 3.57 Å². The maximum Gasteiger partial charge on any atom is 0.328 e. The number of ether oxygens (including phenoxy) is 1. The molecule has 0 aromatic heterocycles. The van der Waals surface area contributed by atoms with Crippen molar-refractivity contribution in [1.82, 2.24) is 5.32 Å². The average molecular weight is 363 g/mol. The van der Waals surface area contributed by atoms with Crippen molar-refractivity contribution >= 4 is 34.5 Å². The lowest BCUT2D eigenvalue weighted by molar-refractivity contribution is -0.145. The van der Waals surface area contributed by atoms with E-state index in [9.17, 15) is 9.59 Å². The van der Waals surface area contributed by atoms with Crippen molar-refractivity contribution in [3.05, 3.63) is 33.4 Å². The van der Waals surface area contributed by atoms with Crippen LogP contribution in [-0.4, -0.2) is 36.7 Å². The van der Waals surface area contributed by atoms with E-state index in [0.29, 0.717) is 6.42 Å². The number of aliphatic hydroxyl groups excluding tert-OH is 1. The predicted molar refractivity (Wildman–Crippen MR) is 73.9 cm³/mol. The van der Waals surface area contributed by atoms with Gasteiger partial charge in [0.05, 0.1) is 7.11 Å². The van der Waals surface area contributed by atoms with Gasteiger partial charge in [0, 0.05) is 9.99 Å². The van der Waals surface area contributed by atoms with E-state index in [4.69, 9.17) is 5.11 Å². The summed E-state index contributed by atoms with van der Waals surface area (Å²) in [4.78, 5) is 22.7. The van der Waals surface area contributed by atoms with Crippen molar-refractivity contribution < 1.29 is 19.4 Å². The summed E-state index contributed by atoms with van der Waals surface area (Å²) in [5.74, 6) is -1.13. The van der Waals surface area contributed by atoms with Crippen LogP contribution in [0.1, 0.15) is 5.56 Å². The Bertz CT molecular complexity index is 436. The second-order valence-electron chi connectivity index (χ2n) is 3.60. The van der Waals surface area contributed by atoms with Crippen molar-refractivity contribution in [1.29, 1.82) is 0 Å². The van der Waals surface area contributed by atoms with Gasteiger partial charge in [0.1, 0.15) is 12.6 Å². The molecule has 1 aromatic rings. The molecule has 1 aromatic carbocycles. The van der Waals surface area contributed by atoms with Gasteiger partial charge in [-0.2, -0.15) is 0 Å². The summed E-state index contributed by atoms with van der Waals surface area (Å²) in [6.45, 7) is -0.653. The maximum atomic E-state index is 11.6. The van der Waals surface area contributed by atoms with Crippen molar-refractivity contribution in [2.45, 2.75) is 12.5 Å². The molecule has 1 amide bonds. The minimum absolute atomic E-state index is 0.331. The molecule has 0 saturated carbocycles. The van der Waals surface area contributed by atoms with E-state index in [0.717, 1.165) is 9.13 Å². The van der Waals surface area contributed by atoms with Crippen LogP contribution >= 0.6 is 22.6 Å². The Kier molecular flexibility index (Phi) is 6.06. The van der Waals surface area contributed by atoms with E-state index < -0.39 is 24.5 Å². The number of methoxy groups -OCH3 is 1. The molecule has 6 heteroatoms. The lowest BCUT2D eigenvalue weighted by Gasteiger charge is -2.16. The average Bonchev–Trinajstić information content (AvgIpc) is 2.39. The molecule has 1 atom stereocenters. The highest BCUT2D eigenvalue weighted by atomic mass is 127. The third kappa shape index (κ3) is 4.26. The Morgan fingerprint density at radius 2 is 2.11 bits per heavy atom. The number of halogens is 1. The number of rotatable bonds is 5. The standard InChI is InChI=1S/C12H14INO4/c1-18-12(17)10(14-11(16)7-15)6-8-4-2-3-5-9(8)13/h2-5,10,15H,6-7H2,1H3,(H,14,16)/t10-/m0/s1. The molecule has 0 unspecified atom stereocenters. The zero-order valence-corrected chi connectivity index (χ0v) is 12.0. The van der Waals surface area contributed by atoms with Crippen molar-refractivity contribution in [3.63, 3.8) is 0 Å². The van der Waals surface area contributed by atoms with Crippen LogP contribution in [0.2, 0.25) is 0 Å². The Morgan fingerprint density at radius 1 is 1.44 bits per heavy atom. The molecule has 0 aliphatic carbocycles. The molecule has 0 aliphatic heterocycles. The largest absolute Gasteiger partial charge is 0.467 e. The van der Waals surface area contributed by atoms with Crippen molar-refractivity contribution in [3.8, 4) is 0 Å². The number of carbonyl (C=O) groups is 2. The first-order valence-corrected chi connectivity index (χ1v) is 6.37. The number of hydrogen-bond donors (Lipinski definition) is 2. The van der Waals surface area contributed by atoms with E-state index in [1.54, 1.807) is 0 Å². The fourth-order valence-electron chi connectivity index (χ4n) is 1.46. The van der Waals surface area contributed by atoms with Crippen LogP contribution in [0.25, 0.3) is 0 Å². The summed E-state index contributed by atoms with van der Waals surface area (Å²) in [5, 5.41) is 11.1. The van der Waals surface area contributed by atoms with Gasteiger partial charge in [0.2, 0.25) is 5.91 Å². The van der Waals surface area contributed by atoms with Crippen LogP contribution < -0.4 is 5.32 Å². The molecule has 2 N–H and O–H groups in total. The SMILES string of the molecule is COC(=O)[C@H](Cc1ccccc1I)NC(=O)CO. The molecule has 1 rings (SSSR count). The maximum absolute atomic E-state index is 11.6. The van der Waals surface area contributed by atoms with Gasteiger partial charge in [-0.05, 0) is 34.2 Å². The summed E-state index contributed by atoms with van der Waals surface area (Å²) in [7, 11) is 1.26. The lowest BCUT2D eigenvalue weighted by atomic mass is 10.1. The van der Waals surface area contributed by atoms with Gasteiger partial charge >= 0.3 is 5.97 Å². The number of carbonyl (C=O) groups excluding carboxylic acids is 2. The topological polar surface area (TPSA) is 75.6 Å². The third-order valence-corrected chi connectivity index (χ3v) is 3.40. The first-order chi connectivity index (χ1) is 8.58. The molecular weight excluding hydrogens is 349 g/mol. The normalized spacial score (nSPS) is 11.7. The zero-order valence-electron chi connectivity index (χ0n) is 9.85. The smallest absolute Gasteiger partial charge is 0.328 e. The molecule has 98 valence electrons. The van der Waals surface area contributed by atoms with Gasteiger partial charge < -0.3 is 15.2 Å². The highest BCUT2D eigenvalue weighted by molar-refractivity contribution is 14.1. The van der Waals surface area contributed by atoms with Crippen LogP contribution in [0.5, 0.6) is 0 Å². The molecular formula is C12H14INO4. The number of hydrogen-bond acceptors (Lipinski definition) is 4. The Hall–Kier alpha value is -1.15. The summed E-state index contributed by atoms with van der Waals surface area (Å²) >= 11 is 2.16. The van der Waals surface area contributed by atoms with E-state index in [-0.39, 0.29) is 0 Å². The minimum atomic E-state index is -0.787. The molecule has 5 nitrogen and oxygen atoms in total. The molecule has 0 fully saturated rings. The summed E-state index contributed by atoms with van der Waals surface area (Å²) < 4.78 is 5.63. The van der Waals surface area contributed by atoms with E-state index >= 15 is 0 Å². The van der Waals surface area contributed by atoms with E-state index in [1.165, 1.54) is 7.11 Å². The molecule has 0 saturated heterocycles. The zero-order chi connectivity index (χ0) is 13.5. The monoisotopic (exact) mass is 363 g/mol. The Labute approximate surface area is 119 Å². The number of esters is 1. The second kappa shape index (κ2) is 7.32. The van der Waals surface area contributed by atoms with Crippen LogP contribution in [-0.2, 0) is 20.7 Å². The van der Waals surface area contributed by atoms with Gasteiger partial charge in [-0.3, -0.25) is 4.79 Å². The minimum Gasteiger partial charge on any atom is -0.467 e. The lowest BCUT2D eigenvalue weighted by Crippen LogP contribution is -2.44. The summed E-state index contributed by atoms with van der Waals surface area (Å²) in [6, 6.07) is 6.76. The molecule has 0 radical (unpaired) electrons. The second-order valence-corrected chi connectivity index (χ2v) is 4.76. The van der Waals surface area contributed by atoms with Gasteiger partial charge in [0.15, 0.2) is 0 Å². The van der Waals surface area contributed by atoms with Crippen LogP contribution in [0.15, 0.2) is 24.3 Å². The van der Waals surface area contributed by atoms with Gasteiger partial charge in [-0.25, -0.2) is 4.79 Å². The third-order valence-electron chi connectivity index (χ3n) is 2.35. The highest BCUT2D eigenvalue weighted by Crippen LogP contribution is 2.14. The van der Waals surface area contributed by atoms with E-state index in [2.05, 4.69) is 32.6 Å². The van der Waals surface area contributed by atoms with Gasteiger partial charge in [-0.15, -0.1) is 0 Å². The number of amides is 1.